The van der Waals surface area contributed by atoms with E-state index in [0.717, 1.165) is 11.8 Å². The molecule has 4 nitrogen and oxygen atoms in total. The van der Waals surface area contributed by atoms with Crippen LogP contribution in [0.25, 0.3) is 0 Å². The summed E-state index contributed by atoms with van der Waals surface area (Å²) in [4.78, 5) is 22.7. The molecule has 7 heteroatoms. The molecule has 0 spiro atoms. The van der Waals surface area contributed by atoms with Crippen LogP contribution < -0.4 is 5.14 Å². The second-order valence-electron chi connectivity index (χ2n) is 4.32. The highest BCUT2D eigenvalue weighted by Crippen LogP contribution is 2.11. The summed E-state index contributed by atoms with van der Waals surface area (Å²) in [6, 6.07) is 14.2. The van der Waals surface area contributed by atoms with Gasteiger partial charge < -0.3 is 0 Å². The zero-order valence-electron chi connectivity index (χ0n) is 12.4. The first-order valence-corrected chi connectivity index (χ1v) is 8.73. The van der Waals surface area contributed by atoms with Gasteiger partial charge in [-0.1, -0.05) is 42.1 Å². The van der Waals surface area contributed by atoms with E-state index in [1.807, 2.05) is 0 Å². The van der Waals surface area contributed by atoms with Gasteiger partial charge in [0.05, 0.1) is 10.6 Å². The van der Waals surface area contributed by atoms with Crippen molar-refractivity contribution >= 4 is 33.6 Å². The van der Waals surface area contributed by atoms with Crippen molar-refractivity contribution < 1.29 is 18.2 Å². The zero-order valence-corrected chi connectivity index (χ0v) is 14.0. The molecule has 0 saturated carbocycles. The molecule has 1 atom stereocenters. The summed E-state index contributed by atoms with van der Waals surface area (Å²) >= 11 is 0.953. The van der Waals surface area contributed by atoms with Gasteiger partial charge in [0.15, 0.2) is 10.9 Å². The summed E-state index contributed by atoms with van der Waals surface area (Å²) in [6.45, 7) is 1.41. The first-order valence-electron chi connectivity index (χ1n) is 6.53. The number of hydrogen-bond acceptors (Lipinski definition) is 4. The lowest BCUT2D eigenvalue weighted by molar-refractivity contribution is -0.109. The fourth-order valence-corrected chi connectivity index (χ4v) is 2.42. The normalized spacial score (nSPS) is 11.1. The average molecular weight is 353 g/mol. The van der Waals surface area contributed by atoms with Gasteiger partial charge in [0.1, 0.15) is 16.8 Å². The summed E-state index contributed by atoms with van der Waals surface area (Å²) < 4.78 is 22.9. The second-order valence-corrected chi connectivity index (χ2v) is 6.54. The van der Waals surface area contributed by atoms with Crippen LogP contribution in [0.1, 0.15) is 17.3 Å². The Balaban J connectivity index is 0.000000313. The third kappa shape index (κ3) is 7.83. The molecule has 0 aliphatic rings. The number of thioether (sulfide) groups is 1. The van der Waals surface area contributed by atoms with Gasteiger partial charge in [-0.25, -0.2) is 13.7 Å². The molecule has 2 N–H and O–H groups in total. The Bertz CT molecular complexity index is 693. The maximum atomic E-state index is 11.9. The molecule has 0 saturated heterocycles. The first-order chi connectivity index (χ1) is 10.9. The Morgan fingerprint density at radius 1 is 1.13 bits per heavy atom. The lowest BCUT2D eigenvalue weighted by Crippen LogP contribution is -2.07. The van der Waals surface area contributed by atoms with Crippen LogP contribution in [0.3, 0.4) is 0 Å². The van der Waals surface area contributed by atoms with E-state index in [0.29, 0.717) is 10.5 Å². The molecular weight excluding hydrogens is 337 g/mol. The van der Waals surface area contributed by atoms with Crippen molar-refractivity contribution in [3.05, 3.63) is 66.0 Å². The van der Waals surface area contributed by atoms with Crippen molar-refractivity contribution in [1.29, 1.82) is 0 Å². The zero-order chi connectivity index (χ0) is 17.2. The van der Waals surface area contributed by atoms with E-state index in [1.165, 1.54) is 25.1 Å². The Morgan fingerprint density at radius 2 is 1.78 bits per heavy atom. The van der Waals surface area contributed by atoms with Gasteiger partial charge in [0.25, 0.3) is 0 Å². The quantitative estimate of drug-likeness (QED) is 0.857. The van der Waals surface area contributed by atoms with Crippen molar-refractivity contribution in [3.63, 3.8) is 0 Å². The van der Waals surface area contributed by atoms with E-state index in [1.54, 1.807) is 36.4 Å². The largest absolute Gasteiger partial charge is 0.293 e. The van der Waals surface area contributed by atoms with E-state index in [9.17, 15) is 18.2 Å². The number of hydrogen-bond donors (Lipinski definition) is 1. The number of carbonyl (C=O) groups excluding carboxylic acids is 2. The summed E-state index contributed by atoms with van der Waals surface area (Å²) in [5.41, 5.74) is 0.421. The van der Waals surface area contributed by atoms with E-state index >= 15 is 0 Å². The van der Waals surface area contributed by atoms with Crippen LogP contribution in [0, 0.1) is 5.82 Å². The highest BCUT2D eigenvalue weighted by molar-refractivity contribution is 8.14. The van der Waals surface area contributed by atoms with E-state index < -0.39 is 11.0 Å². The number of rotatable bonds is 4. The second kappa shape index (κ2) is 10.0. The van der Waals surface area contributed by atoms with Gasteiger partial charge in [0, 0.05) is 12.5 Å². The molecule has 0 bridgehead atoms. The minimum Gasteiger partial charge on any atom is -0.293 e. The first kappa shape index (κ1) is 19.2. The summed E-state index contributed by atoms with van der Waals surface area (Å²) in [5.74, 6) is -0.259. The predicted molar refractivity (Wildman–Crippen MR) is 90.9 cm³/mol. The van der Waals surface area contributed by atoms with Gasteiger partial charge in [-0.05, 0) is 24.3 Å². The van der Waals surface area contributed by atoms with E-state index in [4.69, 9.17) is 5.14 Å². The highest BCUT2D eigenvalue weighted by atomic mass is 32.2. The molecule has 0 heterocycles. The maximum absolute atomic E-state index is 11.9. The molecule has 0 aliphatic carbocycles. The molecule has 23 heavy (non-hydrogen) atoms. The number of benzene rings is 2. The van der Waals surface area contributed by atoms with Crippen molar-refractivity contribution in [2.75, 3.05) is 5.75 Å². The summed E-state index contributed by atoms with van der Waals surface area (Å²) in [6.07, 6.45) is 0. The van der Waals surface area contributed by atoms with E-state index in [2.05, 4.69) is 0 Å². The molecule has 122 valence electrons. The third-order valence-corrected chi connectivity index (χ3v) is 4.06. The van der Waals surface area contributed by atoms with Crippen molar-refractivity contribution in [3.8, 4) is 0 Å². The van der Waals surface area contributed by atoms with Gasteiger partial charge in [0.2, 0.25) is 0 Å². The molecule has 0 aromatic heterocycles. The monoisotopic (exact) mass is 353 g/mol. The topological polar surface area (TPSA) is 77.2 Å². The number of ketones is 1. The summed E-state index contributed by atoms with van der Waals surface area (Å²) in [7, 11) is -1.59. The molecule has 0 aliphatic heterocycles. The van der Waals surface area contributed by atoms with Crippen LogP contribution in [0.4, 0.5) is 4.39 Å². The molecular formula is C16H16FNO3S2. The smallest absolute Gasteiger partial charge is 0.186 e. The van der Waals surface area contributed by atoms with Gasteiger partial charge in [-0.2, -0.15) is 0 Å². The Hall–Kier alpha value is -1.83. The molecule has 2 aromatic rings. The molecule has 2 rings (SSSR count). The van der Waals surface area contributed by atoms with Crippen LogP contribution in [0.2, 0.25) is 0 Å². The highest BCUT2D eigenvalue weighted by Gasteiger charge is 2.09. The molecule has 0 amide bonds. The van der Waals surface area contributed by atoms with E-state index in [-0.39, 0.29) is 22.5 Å². The summed E-state index contributed by atoms with van der Waals surface area (Å²) in [5, 5.41) is 5.10. The standard InChI is InChI=1S/C10H11NO3S2.C6H5F/c1-7(12)15-6-10(13)8-3-2-4-9(5-8)16(11)14;7-6-4-2-1-3-5-6/h2-5H,6,11H2,1H3;1-5H. The van der Waals surface area contributed by atoms with Crippen LogP contribution in [0.5, 0.6) is 0 Å². The lowest BCUT2D eigenvalue weighted by atomic mass is 10.1. The van der Waals surface area contributed by atoms with Crippen molar-refractivity contribution in [1.82, 2.24) is 0 Å². The minimum absolute atomic E-state index is 0.0932. The predicted octanol–water partition coefficient (Wildman–Crippen LogP) is 2.96. The fraction of sp³-hybridized carbons (Fsp3) is 0.125. The fourth-order valence-electron chi connectivity index (χ4n) is 1.46. The van der Waals surface area contributed by atoms with Crippen molar-refractivity contribution in [2.45, 2.75) is 11.8 Å². The number of carbonyl (C=O) groups is 2. The van der Waals surface area contributed by atoms with Crippen molar-refractivity contribution in [2.24, 2.45) is 5.14 Å². The van der Waals surface area contributed by atoms with Gasteiger partial charge >= 0.3 is 0 Å². The third-order valence-electron chi connectivity index (χ3n) is 2.53. The average Bonchev–Trinajstić information content (AvgIpc) is 2.54. The SMILES string of the molecule is CC(=O)SCC(=O)c1cccc(S(N)=O)c1.Fc1ccccc1. The number of Topliss-reactive ketones (excluding diaryl/α,β-unsaturated/α-hetero) is 1. The molecule has 2 aromatic carbocycles. The molecule has 0 fully saturated rings. The van der Waals surface area contributed by atoms with Crippen LogP contribution in [0.15, 0.2) is 59.5 Å². The molecule has 0 radical (unpaired) electrons. The number of halogens is 1. The minimum atomic E-state index is -1.59. The van der Waals surface area contributed by atoms with Gasteiger partial charge in [-0.3, -0.25) is 9.59 Å². The Kier molecular flexibility index (Phi) is 8.39. The van der Waals surface area contributed by atoms with Crippen LogP contribution in [-0.2, 0) is 15.8 Å². The Labute approximate surface area is 140 Å². The lowest BCUT2D eigenvalue weighted by Gasteiger charge is -2.01. The van der Waals surface area contributed by atoms with Gasteiger partial charge in [-0.15, -0.1) is 0 Å². The van der Waals surface area contributed by atoms with Crippen LogP contribution >= 0.6 is 11.8 Å². The maximum Gasteiger partial charge on any atom is 0.186 e. The van der Waals surface area contributed by atoms with Crippen LogP contribution in [-0.4, -0.2) is 20.9 Å². The Morgan fingerprint density at radius 3 is 2.26 bits per heavy atom. The number of nitrogens with two attached hydrogens (primary N) is 1. The molecule has 1 unspecified atom stereocenters.